The number of β-amino-alcohol motifs (C(OH)–C–C–N with tert-alkyl or cyclic N) is 1. The van der Waals surface area contributed by atoms with E-state index in [1.54, 1.807) is 34.9 Å². The van der Waals surface area contributed by atoms with E-state index in [1.807, 2.05) is 0 Å². The largest absolute Gasteiger partial charge is 0.444 e. The second-order valence-corrected chi connectivity index (χ2v) is 6.69. The van der Waals surface area contributed by atoms with Crippen molar-refractivity contribution < 1.29 is 19.4 Å². The molecule has 0 aromatic carbocycles. The minimum Gasteiger partial charge on any atom is -0.444 e. The van der Waals surface area contributed by atoms with Gasteiger partial charge < -0.3 is 19.6 Å². The van der Waals surface area contributed by atoms with Gasteiger partial charge in [-0.2, -0.15) is 0 Å². The van der Waals surface area contributed by atoms with E-state index >= 15 is 0 Å². The van der Waals surface area contributed by atoms with Crippen LogP contribution in [0.25, 0.3) is 0 Å². The van der Waals surface area contributed by atoms with Crippen LogP contribution in [-0.4, -0.2) is 65.3 Å². The normalized spacial score (nSPS) is 23.4. The molecule has 1 N–H and O–H groups in total. The predicted molar refractivity (Wildman–Crippen MR) is 75.3 cm³/mol. The summed E-state index contributed by atoms with van der Waals surface area (Å²) in [6.07, 6.45) is 0.773. The summed E-state index contributed by atoms with van der Waals surface area (Å²) in [6.45, 7) is 6.10. The van der Waals surface area contributed by atoms with Crippen molar-refractivity contribution in [2.45, 2.75) is 51.2 Å². The molecule has 1 aliphatic heterocycles. The molecule has 1 aliphatic rings. The predicted octanol–water partition coefficient (Wildman–Crippen LogP) is 1.23. The molecule has 0 aromatic heterocycles. The molecular formula is C14H26N2O4. The third-order valence-corrected chi connectivity index (χ3v) is 3.19. The third kappa shape index (κ3) is 5.00. The standard InChI is InChI=1S/C14H26N2O4/c1-13(2,3)20-12(18)16-8-6-7-14(19,10-16)9-11(17)15(4)5/h19H,6-10H2,1-5H3. The summed E-state index contributed by atoms with van der Waals surface area (Å²) < 4.78 is 5.30. The summed E-state index contributed by atoms with van der Waals surface area (Å²) in [5.74, 6) is -0.140. The lowest BCUT2D eigenvalue weighted by Gasteiger charge is -2.39. The molecule has 20 heavy (non-hydrogen) atoms. The number of carbonyl (C=O) groups excluding carboxylic acids is 2. The number of rotatable bonds is 2. The van der Waals surface area contributed by atoms with Gasteiger partial charge in [0.1, 0.15) is 5.60 Å². The van der Waals surface area contributed by atoms with Crippen molar-refractivity contribution >= 4 is 12.0 Å². The molecule has 0 spiro atoms. The van der Waals surface area contributed by atoms with E-state index in [-0.39, 0.29) is 18.9 Å². The van der Waals surface area contributed by atoms with Crippen molar-refractivity contribution in [1.82, 2.24) is 9.80 Å². The lowest BCUT2D eigenvalue weighted by Crippen LogP contribution is -2.53. The minimum atomic E-state index is -1.16. The van der Waals surface area contributed by atoms with Gasteiger partial charge in [0.05, 0.1) is 18.6 Å². The summed E-state index contributed by atoms with van der Waals surface area (Å²) in [4.78, 5) is 26.7. The van der Waals surface area contributed by atoms with Crippen LogP contribution in [-0.2, 0) is 9.53 Å². The number of piperidine rings is 1. The summed E-state index contributed by atoms with van der Waals surface area (Å²) >= 11 is 0. The first kappa shape index (κ1) is 16.8. The summed E-state index contributed by atoms with van der Waals surface area (Å²) in [6, 6.07) is 0. The van der Waals surface area contributed by atoms with Gasteiger partial charge in [0.25, 0.3) is 0 Å². The fraction of sp³-hybridized carbons (Fsp3) is 0.857. The van der Waals surface area contributed by atoms with Crippen LogP contribution in [0, 0.1) is 0 Å². The molecule has 1 fully saturated rings. The number of carbonyl (C=O) groups is 2. The Hall–Kier alpha value is -1.30. The fourth-order valence-corrected chi connectivity index (χ4v) is 2.18. The molecule has 0 saturated carbocycles. The molecule has 116 valence electrons. The van der Waals surface area contributed by atoms with Gasteiger partial charge in [-0.3, -0.25) is 4.79 Å². The van der Waals surface area contributed by atoms with E-state index in [1.165, 1.54) is 9.80 Å². The Morgan fingerprint density at radius 2 is 1.95 bits per heavy atom. The van der Waals surface area contributed by atoms with Gasteiger partial charge in [-0.25, -0.2) is 4.79 Å². The highest BCUT2D eigenvalue weighted by Gasteiger charge is 2.38. The number of hydrogen-bond acceptors (Lipinski definition) is 4. The van der Waals surface area contributed by atoms with Crippen molar-refractivity contribution in [2.75, 3.05) is 27.2 Å². The quantitative estimate of drug-likeness (QED) is 0.829. The smallest absolute Gasteiger partial charge is 0.410 e. The minimum absolute atomic E-state index is 0.0271. The van der Waals surface area contributed by atoms with Gasteiger partial charge in [0.15, 0.2) is 0 Å². The molecule has 0 aromatic rings. The second kappa shape index (κ2) is 5.99. The Labute approximate surface area is 120 Å². The van der Waals surface area contributed by atoms with Crippen LogP contribution < -0.4 is 0 Å². The number of amides is 2. The van der Waals surface area contributed by atoms with E-state index in [2.05, 4.69) is 0 Å². The van der Waals surface area contributed by atoms with Crippen LogP contribution in [0.3, 0.4) is 0 Å². The van der Waals surface area contributed by atoms with Crippen LogP contribution in [0.15, 0.2) is 0 Å². The van der Waals surface area contributed by atoms with Crippen molar-refractivity contribution in [2.24, 2.45) is 0 Å². The molecule has 1 atom stereocenters. The Balaban J connectivity index is 2.66. The highest BCUT2D eigenvalue weighted by molar-refractivity contribution is 5.77. The third-order valence-electron chi connectivity index (χ3n) is 3.19. The van der Waals surface area contributed by atoms with Crippen molar-refractivity contribution in [1.29, 1.82) is 0 Å². The number of ether oxygens (including phenoxy) is 1. The van der Waals surface area contributed by atoms with Gasteiger partial charge in [-0.05, 0) is 33.6 Å². The first-order valence-corrected chi connectivity index (χ1v) is 6.93. The molecule has 6 heteroatoms. The molecule has 0 bridgehead atoms. The van der Waals surface area contributed by atoms with E-state index < -0.39 is 17.3 Å². The fourth-order valence-electron chi connectivity index (χ4n) is 2.18. The zero-order valence-electron chi connectivity index (χ0n) is 13.1. The Bertz CT molecular complexity index is 376. The Morgan fingerprint density at radius 3 is 2.45 bits per heavy atom. The van der Waals surface area contributed by atoms with E-state index in [4.69, 9.17) is 4.74 Å². The Morgan fingerprint density at radius 1 is 1.35 bits per heavy atom. The Kier molecular flexibility index (Phi) is 5.02. The molecule has 2 amide bonds. The van der Waals surface area contributed by atoms with Crippen molar-refractivity contribution in [3.05, 3.63) is 0 Å². The summed E-state index contributed by atoms with van der Waals surface area (Å²) in [5.41, 5.74) is -1.72. The topological polar surface area (TPSA) is 70.1 Å². The first-order chi connectivity index (χ1) is 9.02. The zero-order chi connectivity index (χ0) is 15.6. The van der Waals surface area contributed by atoms with E-state index in [0.29, 0.717) is 19.4 Å². The zero-order valence-corrected chi connectivity index (χ0v) is 13.1. The highest BCUT2D eigenvalue weighted by atomic mass is 16.6. The lowest BCUT2D eigenvalue weighted by atomic mass is 9.89. The average molecular weight is 286 g/mol. The summed E-state index contributed by atoms with van der Waals surface area (Å²) in [7, 11) is 3.31. The van der Waals surface area contributed by atoms with Gasteiger partial charge >= 0.3 is 6.09 Å². The average Bonchev–Trinajstić information content (AvgIpc) is 2.25. The van der Waals surface area contributed by atoms with E-state index in [9.17, 15) is 14.7 Å². The van der Waals surface area contributed by atoms with Gasteiger partial charge in [-0.1, -0.05) is 0 Å². The molecule has 1 heterocycles. The maximum atomic E-state index is 12.0. The molecular weight excluding hydrogens is 260 g/mol. The molecule has 1 unspecified atom stereocenters. The van der Waals surface area contributed by atoms with Crippen LogP contribution in [0.5, 0.6) is 0 Å². The number of aliphatic hydroxyl groups is 1. The maximum absolute atomic E-state index is 12.0. The van der Waals surface area contributed by atoms with E-state index in [0.717, 1.165) is 0 Å². The monoisotopic (exact) mass is 286 g/mol. The van der Waals surface area contributed by atoms with Gasteiger partial charge in [-0.15, -0.1) is 0 Å². The van der Waals surface area contributed by atoms with Crippen molar-refractivity contribution in [3.8, 4) is 0 Å². The van der Waals surface area contributed by atoms with Crippen LogP contribution in [0.1, 0.15) is 40.0 Å². The molecule has 0 aliphatic carbocycles. The second-order valence-electron chi connectivity index (χ2n) is 6.69. The van der Waals surface area contributed by atoms with Gasteiger partial charge in [0, 0.05) is 20.6 Å². The summed E-state index contributed by atoms with van der Waals surface area (Å²) in [5, 5.41) is 10.5. The molecule has 1 saturated heterocycles. The van der Waals surface area contributed by atoms with Crippen molar-refractivity contribution in [3.63, 3.8) is 0 Å². The van der Waals surface area contributed by atoms with Crippen LogP contribution in [0.2, 0.25) is 0 Å². The van der Waals surface area contributed by atoms with Crippen LogP contribution >= 0.6 is 0 Å². The first-order valence-electron chi connectivity index (χ1n) is 6.93. The number of likely N-dealkylation sites (tertiary alicyclic amines) is 1. The highest BCUT2D eigenvalue weighted by Crippen LogP contribution is 2.26. The molecule has 0 radical (unpaired) electrons. The molecule has 6 nitrogen and oxygen atoms in total. The molecule has 1 rings (SSSR count). The maximum Gasteiger partial charge on any atom is 0.410 e. The van der Waals surface area contributed by atoms with Crippen LogP contribution in [0.4, 0.5) is 4.79 Å². The number of hydrogen-bond donors (Lipinski definition) is 1. The number of nitrogens with zero attached hydrogens (tertiary/aromatic N) is 2. The SMILES string of the molecule is CN(C)C(=O)CC1(O)CCCN(C(=O)OC(C)(C)C)C1. The lowest BCUT2D eigenvalue weighted by molar-refractivity contribution is -0.136. The van der Waals surface area contributed by atoms with Gasteiger partial charge in [0.2, 0.25) is 5.91 Å².